The Labute approximate surface area is 220 Å². The number of amides is 2. The first-order valence-corrected chi connectivity index (χ1v) is 14.1. The molecule has 2 rings (SSSR count). The summed E-state index contributed by atoms with van der Waals surface area (Å²) in [4.78, 5) is 28.5. The second-order valence-electron chi connectivity index (χ2n) is 9.06. The van der Waals surface area contributed by atoms with E-state index < -0.39 is 28.5 Å². The standard InChI is InChI=1S/C27H39N3O6S/c1-8-20(4)28-27(32)23(9-2)29(17-21-11-13-22(35-5)14-12-21)26(31)18-30(37(7,33)34)24-16-19(3)10-15-25(24)36-6/h10-16,20,23H,8-9,17-18H2,1-7H3,(H,28,32). The van der Waals surface area contributed by atoms with Gasteiger partial charge in [-0.2, -0.15) is 0 Å². The highest BCUT2D eigenvalue weighted by Crippen LogP contribution is 2.31. The molecular weight excluding hydrogens is 494 g/mol. The van der Waals surface area contributed by atoms with Gasteiger partial charge in [0, 0.05) is 12.6 Å². The van der Waals surface area contributed by atoms with E-state index in [-0.39, 0.29) is 24.2 Å². The second-order valence-corrected chi connectivity index (χ2v) is 11.0. The molecule has 0 saturated carbocycles. The van der Waals surface area contributed by atoms with Crippen molar-refractivity contribution in [2.75, 3.05) is 31.3 Å². The molecule has 10 heteroatoms. The van der Waals surface area contributed by atoms with Gasteiger partial charge in [-0.25, -0.2) is 8.42 Å². The molecule has 1 N–H and O–H groups in total. The van der Waals surface area contributed by atoms with Crippen molar-refractivity contribution >= 4 is 27.5 Å². The fourth-order valence-corrected chi connectivity index (χ4v) is 4.72. The molecule has 0 radical (unpaired) electrons. The number of nitrogens with one attached hydrogen (secondary N) is 1. The van der Waals surface area contributed by atoms with Crippen molar-refractivity contribution in [2.45, 2.75) is 59.2 Å². The molecular formula is C27H39N3O6S. The largest absolute Gasteiger partial charge is 0.497 e. The van der Waals surface area contributed by atoms with E-state index in [9.17, 15) is 18.0 Å². The number of carbonyl (C=O) groups is 2. The molecule has 0 aliphatic rings. The van der Waals surface area contributed by atoms with Gasteiger partial charge in [0.1, 0.15) is 24.1 Å². The van der Waals surface area contributed by atoms with Crippen molar-refractivity contribution in [1.29, 1.82) is 0 Å². The second kappa shape index (κ2) is 13.3. The third-order valence-electron chi connectivity index (χ3n) is 6.18. The van der Waals surface area contributed by atoms with Crippen LogP contribution in [0.15, 0.2) is 42.5 Å². The molecule has 0 heterocycles. The molecule has 2 amide bonds. The number of hydrogen-bond acceptors (Lipinski definition) is 6. The van der Waals surface area contributed by atoms with E-state index in [1.54, 1.807) is 37.4 Å². The molecule has 2 unspecified atom stereocenters. The van der Waals surface area contributed by atoms with Gasteiger partial charge >= 0.3 is 0 Å². The number of hydrogen-bond donors (Lipinski definition) is 1. The minimum absolute atomic E-state index is 0.0661. The number of rotatable bonds is 13. The van der Waals surface area contributed by atoms with E-state index in [0.29, 0.717) is 17.9 Å². The van der Waals surface area contributed by atoms with Crippen molar-refractivity contribution < 1.29 is 27.5 Å². The van der Waals surface area contributed by atoms with E-state index in [4.69, 9.17) is 9.47 Å². The fraction of sp³-hybridized carbons (Fsp3) is 0.481. The Bertz CT molecular complexity index is 1170. The zero-order chi connectivity index (χ0) is 27.8. The molecule has 0 aromatic heterocycles. The Morgan fingerprint density at radius 1 is 1.00 bits per heavy atom. The smallest absolute Gasteiger partial charge is 0.244 e. The maximum atomic E-state index is 13.8. The number of sulfonamides is 1. The van der Waals surface area contributed by atoms with Crippen LogP contribution in [0.2, 0.25) is 0 Å². The van der Waals surface area contributed by atoms with Crippen LogP contribution >= 0.6 is 0 Å². The third-order valence-corrected chi connectivity index (χ3v) is 7.31. The van der Waals surface area contributed by atoms with Gasteiger partial charge in [-0.05, 0) is 62.1 Å². The van der Waals surface area contributed by atoms with Crippen molar-refractivity contribution in [3.05, 3.63) is 53.6 Å². The molecule has 37 heavy (non-hydrogen) atoms. The number of methoxy groups -OCH3 is 2. The molecule has 0 bridgehead atoms. The number of ether oxygens (including phenoxy) is 2. The molecule has 204 valence electrons. The Morgan fingerprint density at radius 3 is 2.16 bits per heavy atom. The first kappa shape index (κ1) is 30.0. The summed E-state index contributed by atoms with van der Waals surface area (Å²) in [5.41, 5.74) is 1.86. The first-order valence-electron chi connectivity index (χ1n) is 12.3. The average molecular weight is 534 g/mol. The predicted octanol–water partition coefficient (Wildman–Crippen LogP) is 3.50. The summed E-state index contributed by atoms with van der Waals surface area (Å²) in [6.07, 6.45) is 2.14. The van der Waals surface area contributed by atoms with E-state index in [0.717, 1.165) is 28.1 Å². The predicted molar refractivity (Wildman–Crippen MR) is 145 cm³/mol. The van der Waals surface area contributed by atoms with Gasteiger partial charge in [0.2, 0.25) is 21.8 Å². The molecule has 0 aliphatic carbocycles. The Kier molecular flexibility index (Phi) is 10.8. The normalized spacial score (nSPS) is 12.8. The number of benzene rings is 2. The van der Waals surface area contributed by atoms with Crippen LogP contribution in [0, 0.1) is 6.92 Å². The maximum Gasteiger partial charge on any atom is 0.244 e. The van der Waals surface area contributed by atoms with Crippen molar-refractivity contribution in [3.63, 3.8) is 0 Å². The molecule has 0 saturated heterocycles. The Balaban J connectivity index is 2.50. The van der Waals surface area contributed by atoms with Gasteiger partial charge in [-0.1, -0.05) is 32.0 Å². The summed E-state index contributed by atoms with van der Waals surface area (Å²) in [5, 5.41) is 2.96. The minimum Gasteiger partial charge on any atom is -0.497 e. The zero-order valence-electron chi connectivity index (χ0n) is 22.8. The van der Waals surface area contributed by atoms with E-state index in [1.165, 1.54) is 12.0 Å². The number of anilines is 1. The SMILES string of the molecule is CCC(C)NC(=O)C(CC)N(Cc1ccc(OC)cc1)C(=O)CN(c1cc(C)ccc1OC)S(C)(=O)=O. The van der Waals surface area contributed by atoms with Crippen molar-refractivity contribution in [2.24, 2.45) is 0 Å². The third kappa shape index (κ3) is 8.11. The number of carbonyl (C=O) groups excluding carboxylic acids is 2. The zero-order valence-corrected chi connectivity index (χ0v) is 23.6. The van der Waals surface area contributed by atoms with Gasteiger partial charge < -0.3 is 19.7 Å². The number of nitrogens with zero attached hydrogens (tertiary/aromatic N) is 2. The fourth-order valence-electron chi connectivity index (χ4n) is 3.88. The highest BCUT2D eigenvalue weighted by Gasteiger charge is 2.33. The molecule has 0 spiro atoms. The van der Waals surface area contributed by atoms with Crippen molar-refractivity contribution in [3.8, 4) is 11.5 Å². The van der Waals surface area contributed by atoms with Crippen LogP contribution < -0.4 is 19.1 Å². The molecule has 9 nitrogen and oxygen atoms in total. The van der Waals surface area contributed by atoms with E-state index in [2.05, 4.69) is 5.32 Å². The van der Waals surface area contributed by atoms with E-state index in [1.807, 2.05) is 39.8 Å². The maximum absolute atomic E-state index is 13.8. The average Bonchev–Trinajstić information content (AvgIpc) is 2.86. The Hall–Kier alpha value is -3.27. The lowest BCUT2D eigenvalue weighted by Gasteiger charge is -2.33. The molecule has 0 aliphatic heterocycles. The van der Waals surface area contributed by atoms with Gasteiger partial charge in [-0.15, -0.1) is 0 Å². The van der Waals surface area contributed by atoms with Crippen LogP contribution in [-0.4, -0.2) is 64.2 Å². The molecule has 2 aromatic carbocycles. The van der Waals surface area contributed by atoms with Crippen LogP contribution in [0.1, 0.15) is 44.7 Å². The molecule has 2 atom stereocenters. The van der Waals surface area contributed by atoms with Crippen LogP contribution in [0.5, 0.6) is 11.5 Å². The lowest BCUT2D eigenvalue weighted by molar-refractivity contribution is -0.140. The summed E-state index contributed by atoms with van der Waals surface area (Å²) >= 11 is 0. The minimum atomic E-state index is -3.86. The summed E-state index contributed by atoms with van der Waals surface area (Å²) in [7, 11) is -0.855. The number of aryl methyl sites for hydroxylation is 1. The lowest BCUT2D eigenvalue weighted by atomic mass is 10.1. The molecule has 2 aromatic rings. The monoisotopic (exact) mass is 533 g/mol. The van der Waals surface area contributed by atoms with Gasteiger partial charge in [0.25, 0.3) is 0 Å². The summed E-state index contributed by atoms with van der Waals surface area (Å²) in [6, 6.07) is 11.5. The van der Waals surface area contributed by atoms with Gasteiger partial charge in [0.15, 0.2) is 0 Å². The highest BCUT2D eigenvalue weighted by molar-refractivity contribution is 7.92. The van der Waals surface area contributed by atoms with Gasteiger partial charge in [-0.3, -0.25) is 13.9 Å². The van der Waals surface area contributed by atoms with Crippen LogP contribution in [0.25, 0.3) is 0 Å². The van der Waals surface area contributed by atoms with Crippen LogP contribution in [0.4, 0.5) is 5.69 Å². The van der Waals surface area contributed by atoms with Crippen LogP contribution in [0.3, 0.4) is 0 Å². The summed E-state index contributed by atoms with van der Waals surface area (Å²) in [6.45, 7) is 7.15. The lowest BCUT2D eigenvalue weighted by Crippen LogP contribution is -2.53. The molecule has 0 fully saturated rings. The first-order chi connectivity index (χ1) is 17.4. The highest BCUT2D eigenvalue weighted by atomic mass is 32.2. The van der Waals surface area contributed by atoms with Gasteiger partial charge in [0.05, 0.1) is 26.2 Å². The van der Waals surface area contributed by atoms with E-state index >= 15 is 0 Å². The summed E-state index contributed by atoms with van der Waals surface area (Å²) < 4.78 is 37.4. The van der Waals surface area contributed by atoms with Crippen LogP contribution in [-0.2, 0) is 26.2 Å². The topological polar surface area (TPSA) is 105 Å². The quantitative estimate of drug-likeness (QED) is 0.423. The Morgan fingerprint density at radius 2 is 1.65 bits per heavy atom. The summed E-state index contributed by atoms with van der Waals surface area (Å²) in [5.74, 6) is 0.207. The van der Waals surface area contributed by atoms with Crippen molar-refractivity contribution in [1.82, 2.24) is 10.2 Å².